The first-order valence-electron chi connectivity index (χ1n) is 8.75. The summed E-state index contributed by atoms with van der Waals surface area (Å²) in [5, 5.41) is 1.84. The Morgan fingerprint density at radius 1 is 0.885 bits per heavy atom. The molecule has 3 aromatic carbocycles. The molecular formula is C21H23NO3S. The number of nitrogens with zero attached hydrogens (tertiary/aromatic N) is 1. The molecule has 0 spiro atoms. The maximum absolute atomic E-state index is 13.1. The molecular weight excluding hydrogens is 346 g/mol. The number of hydrogen-bond donors (Lipinski definition) is 0. The van der Waals surface area contributed by atoms with Crippen LogP contribution in [-0.2, 0) is 16.6 Å². The molecule has 0 atom stereocenters. The number of rotatable bonds is 7. The van der Waals surface area contributed by atoms with Crippen LogP contribution in [0.2, 0.25) is 0 Å². The van der Waals surface area contributed by atoms with Crippen LogP contribution in [0.15, 0.2) is 71.6 Å². The van der Waals surface area contributed by atoms with Crippen molar-refractivity contribution >= 4 is 20.8 Å². The van der Waals surface area contributed by atoms with E-state index in [1.165, 1.54) is 4.31 Å². The highest BCUT2D eigenvalue weighted by atomic mass is 32.2. The third kappa shape index (κ3) is 3.89. The fourth-order valence-electron chi connectivity index (χ4n) is 2.92. The van der Waals surface area contributed by atoms with Crippen molar-refractivity contribution in [3.05, 3.63) is 72.3 Å². The smallest absolute Gasteiger partial charge is 0.243 e. The Hall–Kier alpha value is -2.37. The van der Waals surface area contributed by atoms with Crippen LogP contribution in [0.3, 0.4) is 0 Å². The lowest BCUT2D eigenvalue weighted by molar-refractivity contribution is 0.341. The Morgan fingerprint density at radius 2 is 1.58 bits per heavy atom. The van der Waals surface area contributed by atoms with Gasteiger partial charge >= 0.3 is 0 Å². The monoisotopic (exact) mass is 369 g/mol. The highest BCUT2D eigenvalue weighted by molar-refractivity contribution is 7.89. The average Bonchev–Trinajstić information content (AvgIpc) is 2.66. The van der Waals surface area contributed by atoms with E-state index in [2.05, 4.69) is 0 Å². The number of benzene rings is 3. The van der Waals surface area contributed by atoms with E-state index in [1.807, 2.05) is 68.4 Å². The molecule has 3 aromatic rings. The number of fused-ring (bicyclic) bond motifs is 1. The van der Waals surface area contributed by atoms with Crippen molar-refractivity contribution < 1.29 is 13.2 Å². The summed E-state index contributed by atoms with van der Waals surface area (Å²) in [4.78, 5) is 0.312. The predicted molar refractivity (Wildman–Crippen MR) is 105 cm³/mol. The number of sulfonamides is 1. The molecule has 0 aromatic heterocycles. The molecule has 0 aliphatic heterocycles. The first-order valence-corrected chi connectivity index (χ1v) is 10.2. The molecule has 0 unspecified atom stereocenters. The second-order valence-corrected chi connectivity index (χ2v) is 7.96. The summed E-state index contributed by atoms with van der Waals surface area (Å²) in [7, 11) is -3.56. The Kier molecular flexibility index (Phi) is 5.59. The number of ether oxygens (including phenoxy) is 1. The summed E-state index contributed by atoms with van der Waals surface area (Å²) < 4.78 is 33.2. The lowest BCUT2D eigenvalue weighted by atomic mass is 10.1. The van der Waals surface area contributed by atoms with Gasteiger partial charge in [-0.2, -0.15) is 4.31 Å². The second kappa shape index (κ2) is 7.89. The van der Waals surface area contributed by atoms with Crippen LogP contribution < -0.4 is 4.74 Å². The molecule has 26 heavy (non-hydrogen) atoms. The van der Waals surface area contributed by atoms with Gasteiger partial charge in [-0.25, -0.2) is 8.42 Å². The molecule has 136 valence electrons. The van der Waals surface area contributed by atoms with Crippen molar-refractivity contribution in [1.29, 1.82) is 0 Å². The van der Waals surface area contributed by atoms with Crippen LogP contribution in [-0.4, -0.2) is 25.9 Å². The van der Waals surface area contributed by atoms with Crippen molar-refractivity contribution in [2.45, 2.75) is 25.3 Å². The largest absolute Gasteiger partial charge is 0.494 e. The minimum Gasteiger partial charge on any atom is -0.494 e. The van der Waals surface area contributed by atoms with Gasteiger partial charge < -0.3 is 4.74 Å². The van der Waals surface area contributed by atoms with Crippen molar-refractivity contribution in [2.75, 3.05) is 13.2 Å². The Balaban J connectivity index is 1.93. The minimum absolute atomic E-state index is 0.312. The maximum atomic E-state index is 13.1. The van der Waals surface area contributed by atoms with Crippen LogP contribution in [0.25, 0.3) is 10.8 Å². The molecule has 0 fully saturated rings. The van der Waals surface area contributed by atoms with Crippen molar-refractivity contribution in [1.82, 2.24) is 4.31 Å². The fraction of sp³-hybridized carbons (Fsp3) is 0.238. The average molecular weight is 369 g/mol. The Bertz CT molecular complexity index is 985. The summed E-state index contributed by atoms with van der Waals surface area (Å²) in [6.07, 6.45) is 0. The summed E-state index contributed by atoms with van der Waals surface area (Å²) in [6, 6.07) is 20.6. The van der Waals surface area contributed by atoms with Gasteiger partial charge in [0.05, 0.1) is 11.5 Å². The van der Waals surface area contributed by atoms with Crippen LogP contribution in [0.4, 0.5) is 0 Å². The zero-order valence-electron chi connectivity index (χ0n) is 15.1. The van der Waals surface area contributed by atoms with Crippen molar-refractivity contribution in [3.8, 4) is 5.75 Å². The minimum atomic E-state index is -3.56. The van der Waals surface area contributed by atoms with Crippen LogP contribution >= 0.6 is 0 Å². The van der Waals surface area contributed by atoms with Gasteiger partial charge in [0.1, 0.15) is 5.75 Å². The van der Waals surface area contributed by atoms with E-state index >= 15 is 0 Å². The lowest BCUT2D eigenvalue weighted by Crippen LogP contribution is -2.30. The van der Waals surface area contributed by atoms with E-state index in [1.54, 1.807) is 12.1 Å². The molecule has 0 saturated heterocycles. The van der Waals surface area contributed by atoms with Gasteiger partial charge in [0.15, 0.2) is 0 Å². The normalized spacial score (nSPS) is 11.8. The van der Waals surface area contributed by atoms with Crippen LogP contribution in [0, 0.1) is 0 Å². The van der Waals surface area contributed by atoms with Crippen molar-refractivity contribution in [3.63, 3.8) is 0 Å². The molecule has 5 heteroatoms. The van der Waals surface area contributed by atoms with Gasteiger partial charge in [0, 0.05) is 13.1 Å². The fourth-order valence-corrected chi connectivity index (χ4v) is 4.39. The third-order valence-electron chi connectivity index (χ3n) is 4.29. The van der Waals surface area contributed by atoms with E-state index in [-0.39, 0.29) is 0 Å². The Labute approximate surface area is 155 Å². The van der Waals surface area contributed by atoms with Gasteiger partial charge in [0.25, 0.3) is 0 Å². The zero-order valence-corrected chi connectivity index (χ0v) is 15.9. The molecule has 3 rings (SSSR count). The van der Waals surface area contributed by atoms with Gasteiger partial charge in [-0.05, 0) is 47.5 Å². The molecule has 0 amide bonds. The van der Waals surface area contributed by atoms with Crippen molar-refractivity contribution in [2.24, 2.45) is 0 Å². The summed E-state index contributed by atoms with van der Waals surface area (Å²) in [5.74, 6) is 0.787. The van der Waals surface area contributed by atoms with E-state index < -0.39 is 10.0 Å². The molecule has 0 aliphatic rings. The first-order chi connectivity index (χ1) is 12.5. The summed E-state index contributed by atoms with van der Waals surface area (Å²) in [5.41, 5.74) is 0.972. The molecule has 0 aliphatic carbocycles. The predicted octanol–water partition coefficient (Wildman–Crippen LogP) is 4.45. The van der Waals surface area contributed by atoms with E-state index in [0.717, 1.165) is 22.1 Å². The topological polar surface area (TPSA) is 46.6 Å². The van der Waals surface area contributed by atoms with Gasteiger partial charge in [0.2, 0.25) is 10.0 Å². The van der Waals surface area contributed by atoms with E-state index in [4.69, 9.17) is 4.74 Å². The third-order valence-corrected chi connectivity index (χ3v) is 6.20. The SMILES string of the molecule is CCOc1ccc2cc(S(=O)(=O)N(CC)Cc3ccccc3)ccc2c1. The maximum Gasteiger partial charge on any atom is 0.243 e. The molecule has 0 N–H and O–H groups in total. The second-order valence-electron chi connectivity index (χ2n) is 6.02. The van der Waals surface area contributed by atoms with Crippen LogP contribution in [0.5, 0.6) is 5.75 Å². The molecule has 0 heterocycles. The molecule has 4 nitrogen and oxygen atoms in total. The molecule has 0 saturated carbocycles. The Morgan fingerprint density at radius 3 is 2.27 bits per heavy atom. The quantitative estimate of drug-likeness (QED) is 0.618. The lowest BCUT2D eigenvalue weighted by Gasteiger charge is -2.21. The number of hydrogen-bond acceptors (Lipinski definition) is 3. The van der Waals surface area contributed by atoms with Gasteiger partial charge in [-0.15, -0.1) is 0 Å². The van der Waals surface area contributed by atoms with Crippen LogP contribution in [0.1, 0.15) is 19.4 Å². The van der Waals surface area contributed by atoms with E-state index in [9.17, 15) is 8.42 Å². The summed E-state index contributed by atoms with van der Waals surface area (Å²) in [6.45, 7) is 5.17. The molecule has 0 bridgehead atoms. The highest BCUT2D eigenvalue weighted by Crippen LogP contribution is 2.26. The molecule has 0 radical (unpaired) electrons. The van der Waals surface area contributed by atoms with Gasteiger partial charge in [-0.3, -0.25) is 0 Å². The first kappa shape index (κ1) is 18.4. The highest BCUT2D eigenvalue weighted by Gasteiger charge is 2.23. The zero-order chi connectivity index (χ0) is 18.6. The van der Waals surface area contributed by atoms with Gasteiger partial charge in [-0.1, -0.05) is 49.4 Å². The summed E-state index contributed by atoms with van der Waals surface area (Å²) >= 11 is 0. The standard InChI is InChI=1S/C21H23NO3S/c1-3-22(16-17-8-6-5-7-9-17)26(23,24)21-13-11-18-14-20(25-4-2)12-10-19(18)15-21/h5-15H,3-4,16H2,1-2H3. The van der Waals surface area contributed by atoms with E-state index in [0.29, 0.717) is 24.6 Å².